The van der Waals surface area contributed by atoms with Crippen LogP contribution in [0.3, 0.4) is 0 Å². The lowest BCUT2D eigenvalue weighted by Gasteiger charge is -2.23. The monoisotopic (exact) mass is 636 g/mol. The van der Waals surface area contributed by atoms with Crippen LogP contribution in [-0.4, -0.2) is 51.2 Å². The molecule has 45 heavy (non-hydrogen) atoms. The molecule has 1 aliphatic heterocycles. The number of aliphatic imine (C=N–C) groups is 1. The van der Waals surface area contributed by atoms with Crippen molar-refractivity contribution in [3.05, 3.63) is 89.7 Å². The van der Waals surface area contributed by atoms with E-state index < -0.39 is 6.36 Å². The number of amidine groups is 1. The van der Waals surface area contributed by atoms with E-state index in [2.05, 4.69) is 75.9 Å². The van der Waals surface area contributed by atoms with Crippen LogP contribution in [0.2, 0.25) is 0 Å². The number of rotatable bonds is 9. The third-order valence-corrected chi connectivity index (χ3v) is 8.45. The van der Waals surface area contributed by atoms with Crippen molar-refractivity contribution in [2.24, 2.45) is 4.99 Å². The van der Waals surface area contributed by atoms with Gasteiger partial charge >= 0.3 is 12.4 Å². The number of halogens is 3. The zero-order chi connectivity index (χ0) is 32.1. The van der Waals surface area contributed by atoms with Crippen LogP contribution in [0.15, 0.2) is 78.0 Å². The van der Waals surface area contributed by atoms with Gasteiger partial charge in [0.2, 0.25) is 0 Å². The lowest BCUT2D eigenvalue weighted by atomic mass is 9.96. The molecule has 2 amide bonds. The van der Waals surface area contributed by atoms with Crippen LogP contribution < -0.4 is 15.0 Å². The number of aryl methyl sites for hydroxylation is 1. The molecule has 8 nitrogen and oxygen atoms in total. The maximum atomic E-state index is 12.8. The highest BCUT2D eigenvalue weighted by Gasteiger charge is 2.31. The van der Waals surface area contributed by atoms with Crippen LogP contribution in [0.5, 0.6) is 5.75 Å². The number of alkyl halides is 3. The number of urea groups is 1. The van der Waals surface area contributed by atoms with Crippen molar-refractivity contribution in [3.8, 4) is 22.8 Å². The number of carbonyl (C=O) groups is 1. The number of ether oxygens (including phenoxy) is 1. The van der Waals surface area contributed by atoms with Crippen LogP contribution in [0, 0.1) is 6.92 Å². The fraction of sp³-hybridized carbons (Fsp3) is 0.333. The van der Waals surface area contributed by atoms with Gasteiger partial charge in [-0.3, -0.25) is 0 Å². The second-order valence-electron chi connectivity index (χ2n) is 11.2. The van der Waals surface area contributed by atoms with Crippen molar-refractivity contribution < 1.29 is 22.7 Å². The predicted octanol–water partition coefficient (Wildman–Crippen LogP) is 8.08. The molecule has 1 aliphatic rings. The third kappa shape index (κ3) is 8.24. The minimum Gasteiger partial charge on any atom is -0.406 e. The first-order valence-electron chi connectivity index (χ1n) is 14.7. The number of hydrogen-bond donors (Lipinski definition) is 1. The molecule has 1 fully saturated rings. The topological polar surface area (TPSA) is 84.6 Å². The second kappa shape index (κ2) is 13.8. The summed E-state index contributed by atoms with van der Waals surface area (Å²) >= 11 is 1.60. The molecule has 3 aromatic carbocycles. The van der Waals surface area contributed by atoms with Crippen LogP contribution in [0.4, 0.5) is 23.7 Å². The van der Waals surface area contributed by atoms with Gasteiger partial charge in [0.15, 0.2) is 11.0 Å². The van der Waals surface area contributed by atoms with Gasteiger partial charge in [0.05, 0.1) is 5.69 Å². The lowest BCUT2D eigenvalue weighted by molar-refractivity contribution is -0.274. The number of thioether (sulfide) groups is 1. The van der Waals surface area contributed by atoms with Gasteiger partial charge in [-0.15, -0.1) is 18.3 Å². The van der Waals surface area contributed by atoms with Crippen molar-refractivity contribution in [3.63, 3.8) is 0 Å². The molecule has 4 aromatic rings. The van der Waals surface area contributed by atoms with Crippen LogP contribution in [0.25, 0.3) is 17.1 Å². The standard InChI is InChI=1S/C33H35F3N6O2S/c1-21(2)28-14-5-22(3)19-29(28)41-17-18-45-32(41)39-31(43)37-16-15-23(4)24-6-8-25(9-7-24)30-38-20-42(40-30)26-10-12-27(13-11-26)44-33(34,35)36/h5-14,19-21,23H,15-18H2,1-4H3,(H,37,43). The second-order valence-corrected chi connectivity index (χ2v) is 12.3. The van der Waals surface area contributed by atoms with Crippen LogP contribution >= 0.6 is 11.8 Å². The van der Waals surface area contributed by atoms with E-state index in [1.807, 2.05) is 24.3 Å². The van der Waals surface area contributed by atoms with Crippen molar-refractivity contribution in [1.29, 1.82) is 0 Å². The molecule has 0 radical (unpaired) electrons. The quantitative estimate of drug-likeness (QED) is 0.200. The molecular formula is C33H35F3N6O2S. The summed E-state index contributed by atoms with van der Waals surface area (Å²) in [4.78, 5) is 23.7. The van der Waals surface area contributed by atoms with E-state index in [1.54, 1.807) is 11.8 Å². The summed E-state index contributed by atoms with van der Waals surface area (Å²) in [7, 11) is 0. The zero-order valence-corrected chi connectivity index (χ0v) is 26.3. The summed E-state index contributed by atoms with van der Waals surface area (Å²) in [5.41, 5.74) is 6.00. The zero-order valence-electron chi connectivity index (χ0n) is 25.5. The molecule has 0 spiro atoms. The Morgan fingerprint density at radius 3 is 2.49 bits per heavy atom. The first-order chi connectivity index (χ1) is 21.5. The number of nitrogens with one attached hydrogen (secondary N) is 1. The fourth-order valence-corrected chi connectivity index (χ4v) is 6.01. The summed E-state index contributed by atoms with van der Waals surface area (Å²) in [5, 5.41) is 8.14. The van der Waals surface area contributed by atoms with E-state index in [4.69, 9.17) is 0 Å². The van der Waals surface area contributed by atoms with E-state index in [9.17, 15) is 18.0 Å². The summed E-state index contributed by atoms with van der Waals surface area (Å²) in [6, 6.07) is 19.4. The normalized spacial score (nSPS) is 15.1. The van der Waals surface area contributed by atoms with Crippen molar-refractivity contribution >= 4 is 28.6 Å². The maximum Gasteiger partial charge on any atom is 0.573 e. The summed E-state index contributed by atoms with van der Waals surface area (Å²) in [6.45, 7) is 9.83. The summed E-state index contributed by atoms with van der Waals surface area (Å²) in [6.07, 6.45) is -2.50. The van der Waals surface area contributed by atoms with E-state index in [1.165, 1.54) is 46.4 Å². The fourth-order valence-electron chi connectivity index (χ4n) is 5.06. The highest BCUT2D eigenvalue weighted by molar-refractivity contribution is 8.14. The number of amides is 2. The van der Waals surface area contributed by atoms with E-state index in [-0.39, 0.29) is 17.7 Å². The number of benzene rings is 3. The van der Waals surface area contributed by atoms with Crippen molar-refractivity contribution in [2.75, 3.05) is 23.7 Å². The molecule has 12 heteroatoms. The summed E-state index contributed by atoms with van der Waals surface area (Å²) < 4.78 is 42.7. The van der Waals surface area contributed by atoms with Gasteiger partial charge in [0.25, 0.3) is 0 Å². The maximum absolute atomic E-state index is 12.8. The number of aromatic nitrogens is 3. The molecule has 1 atom stereocenters. The molecular weight excluding hydrogens is 601 g/mol. The van der Waals surface area contributed by atoms with Crippen LogP contribution in [0.1, 0.15) is 55.7 Å². The first kappa shape index (κ1) is 32.1. The minimum absolute atomic E-state index is 0.188. The first-order valence-corrected chi connectivity index (χ1v) is 15.7. The third-order valence-electron chi connectivity index (χ3n) is 7.49. The van der Waals surface area contributed by atoms with E-state index >= 15 is 0 Å². The SMILES string of the molecule is Cc1ccc(C(C)C)c(N2CCSC2=NC(=O)NCCC(C)c2ccc(-c3ncn(-c4ccc(OC(F)(F)F)cc4)n3)cc2)c1. The minimum atomic E-state index is -4.74. The van der Waals surface area contributed by atoms with Crippen LogP contribution in [-0.2, 0) is 0 Å². The molecule has 1 N–H and O–H groups in total. The molecule has 0 saturated carbocycles. The average molecular weight is 637 g/mol. The smallest absolute Gasteiger partial charge is 0.406 e. The number of hydrogen-bond acceptors (Lipinski definition) is 5. The van der Waals surface area contributed by atoms with E-state index in [0.29, 0.717) is 24.0 Å². The predicted molar refractivity (Wildman–Crippen MR) is 172 cm³/mol. The molecule has 1 aromatic heterocycles. The number of anilines is 1. The van der Waals surface area contributed by atoms with Gasteiger partial charge < -0.3 is 15.0 Å². The Labute approximate surface area is 264 Å². The Balaban J connectivity index is 1.14. The molecule has 236 valence electrons. The van der Waals surface area contributed by atoms with Gasteiger partial charge in [0, 0.05) is 30.1 Å². The molecule has 0 bridgehead atoms. The Morgan fingerprint density at radius 1 is 1.07 bits per heavy atom. The molecule has 1 unspecified atom stereocenters. The Bertz CT molecular complexity index is 1650. The van der Waals surface area contributed by atoms with Crippen molar-refractivity contribution in [2.45, 2.75) is 52.3 Å². The average Bonchev–Trinajstić information content (AvgIpc) is 3.67. The van der Waals surface area contributed by atoms with Gasteiger partial charge in [-0.2, -0.15) is 4.99 Å². The van der Waals surface area contributed by atoms with Gasteiger partial charge in [0.1, 0.15) is 12.1 Å². The van der Waals surface area contributed by atoms with Gasteiger partial charge in [-0.1, -0.05) is 68.9 Å². The lowest BCUT2D eigenvalue weighted by Crippen LogP contribution is -2.29. The Morgan fingerprint density at radius 2 is 1.80 bits per heavy atom. The Kier molecular flexibility index (Phi) is 9.81. The van der Waals surface area contributed by atoms with Gasteiger partial charge in [-0.25, -0.2) is 14.5 Å². The number of carbonyl (C=O) groups excluding carboxylic acids is 1. The molecule has 5 rings (SSSR count). The van der Waals surface area contributed by atoms with Gasteiger partial charge in [-0.05, 0) is 72.2 Å². The highest BCUT2D eigenvalue weighted by atomic mass is 32.2. The van der Waals surface area contributed by atoms with Crippen molar-refractivity contribution in [1.82, 2.24) is 20.1 Å². The molecule has 1 saturated heterocycles. The van der Waals surface area contributed by atoms with E-state index in [0.717, 1.165) is 40.7 Å². The number of nitrogens with zero attached hydrogens (tertiary/aromatic N) is 5. The highest BCUT2D eigenvalue weighted by Crippen LogP contribution is 2.33. The largest absolute Gasteiger partial charge is 0.573 e. The molecule has 2 heterocycles. The Hall–Kier alpha value is -4.32. The molecule has 0 aliphatic carbocycles. The summed E-state index contributed by atoms with van der Waals surface area (Å²) in [5.74, 6) is 1.62.